The average molecular weight is 630 g/mol. The van der Waals surface area contributed by atoms with E-state index in [-0.39, 0.29) is 35.6 Å². The molecule has 0 fully saturated rings. The van der Waals surface area contributed by atoms with Gasteiger partial charge in [0.15, 0.2) is 0 Å². The van der Waals surface area contributed by atoms with Gasteiger partial charge in [-0.1, -0.05) is 62.4 Å². The highest BCUT2D eigenvalue weighted by Crippen LogP contribution is 2.13. The normalized spacial score (nSPS) is 12.8. The first-order chi connectivity index (χ1) is 22.1. The Balaban J connectivity index is 1.63. The van der Waals surface area contributed by atoms with Crippen molar-refractivity contribution in [2.45, 2.75) is 58.7 Å². The zero-order valence-electron chi connectivity index (χ0n) is 27.4. The van der Waals surface area contributed by atoms with Crippen LogP contribution < -0.4 is 31.3 Å². The smallest absolute Gasteiger partial charge is 0.251 e. The van der Waals surface area contributed by atoms with Crippen LogP contribution in [-0.4, -0.2) is 68.5 Å². The molecule has 4 amide bonds. The summed E-state index contributed by atoms with van der Waals surface area (Å²) in [6.07, 6.45) is 1.16. The quantitative estimate of drug-likeness (QED) is 0.156. The molecule has 0 aromatic heterocycles. The molecule has 46 heavy (non-hydrogen) atoms. The number of amides is 4. The van der Waals surface area contributed by atoms with Gasteiger partial charge in [-0.2, -0.15) is 0 Å². The van der Waals surface area contributed by atoms with Gasteiger partial charge in [-0.25, -0.2) is 0 Å². The number of carbonyl (C=O) groups excluding carboxylic acids is 4. The molecule has 10 nitrogen and oxygen atoms in total. The number of hydrogen-bond acceptors (Lipinski definition) is 6. The molecule has 0 aliphatic heterocycles. The van der Waals surface area contributed by atoms with E-state index in [9.17, 15) is 19.2 Å². The Bertz CT molecular complexity index is 1450. The lowest BCUT2D eigenvalue weighted by molar-refractivity contribution is -0.130. The van der Waals surface area contributed by atoms with Crippen LogP contribution >= 0.6 is 0 Å². The molecule has 0 spiro atoms. The van der Waals surface area contributed by atoms with Crippen molar-refractivity contribution in [2.75, 3.05) is 26.7 Å². The molecule has 0 aliphatic carbocycles. The highest BCUT2D eigenvalue weighted by atomic mass is 16.5. The van der Waals surface area contributed by atoms with E-state index >= 15 is 0 Å². The van der Waals surface area contributed by atoms with Gasteiger partial charge >= 0.3 is 0 Å². The molecule has 0 saturated heterocycles. The maximum Gasteiger partial charge on any atom is 0.251 e. The van der Waals surface area contributed by atoms with Gasteiger partial charge in [-0.3, -0.25) is 19.2 Å². The average Bonchev–Trinajstić information content (AvgIpc) is 3.06. The van der Waals surface area contributed by atoms with E-state index in [2.05, 4.69) is 26.6 Å². The number of hydrogen-bond donors (Lipinski definition) is 5. The van der Waals surface area contributed by atoms with Crippen molar-refractivity contribution in [2.24, 2.45) is 5.92 Å². The molecule has 3 aromatic rings. The molecule has 3 atom stereocenters. The Kier molecular flexibility index (Phi) is 14.2. The minimum Gasteiger partial charge on any atom is -0.497 e. The third-order valence-electron chi connectivity index (χ3n) is 7.54. The van der Waals surface area contributed by atoms with Gasteiger partial charge in [0.05, 0.1) is 13.2 Å². The van der Waals surface area contributed by atoms with Gasteiger partial charge < -0.3 is 31.3 Å². The van der Waals surface area contributed by atoms with E-state index in [0.717, 1.165) is 16.9 Å². The van der Waals surface area contributed by atoms with Crippen LogP contribution in [0.5, 0.6) is 5.75 Å². The van der Waals surface area contributed by atoms with Crippen LogP contribution in [-0.2, 0) is 22.4 Å². The van der Waals surface area contributed by atoms with E-state index in [1.807, 2.05) is 75.4 Å². The predicted molar refractivity (Wildman–Crippen MR) is 180 cm³/mol. The van der Waals surface area contributed by atoms with Crippen molar-refractivity contribution in [3.63, 3.8) is 0 Å². The van der Waals surface area contributed by atoms with Crippen LogP contribution in [0, 0.1) is 5.92 Å². The van der Waals surface area contributed by atoms with Crippen LogP contribution in [0.4, 0.5) is 0 Å². The number of methoxy groups -OCH3 is 1. The van der Waals surface area contributed by atoms with Crippen molar-refractivity contribution >= 4 is 23.6 Å². The molecule has 0 heterocycles. The van der Waals surface area contributed by atoms with Gasteiger partial charge in [-0.15, -0.1) is 0 Å². The van der Waals surface area contributed by atoms with Gasteiger partial charge in [-0.05, 0) is 74.1 Å². The number of rotatable bonds is 17. The number of carbonyl (C=O) groups is 4. The minimum atomic E-state index is -0.650. The highest BCUT2D eigenvalue weighted by molar-refractivity contribution is 5.99. The second-order valence-corrected chi connectivity index (χ2v) is 11.6. The molecule has 0 unspecified atom stereocenters. The Labute approximate surface area is 272 Å². The van der Waals surface area contributed by atoms with Crippen molar-refractivity contribution in [3.8, 4) is 5.75 Å². The number of benzene rings is 3. The summed E-state index contributed by atoms with van der Waals surface area (Å²) in [6.45, 7) is 8.52. The molecule has 0 bridgehead atoms. The molecule has 246 valence electrons. The largest absolute Gasteiger partial charge is 0.497 e. The zero-order chi connectivity index (χ0) is 33.5. The maximum atomic E-state index is 13.4. The van der Waals surface area contributed by atoms with Gasteiger partial charge in [0.2, 0.25) is 11.8 Å². The topological polar surface area (TPSA) is 138 Å². The zero-order valence-corrected chi connectivity index (χ0v) is 27.4. The summed E-state index contributed by atoms with van der Waals surface area (Å²) in [5.41, 5.74) is 2.80. The van der Waals surface area contributed by atoms with Gasteiger partial charge in [0, 0.05) is 36.8 Å². The number of ether oxygens (including phenoxy) is 1. The van der Waals surface area contributed by atoms with Crippen molar-refractivity contribution in [1.82, 2.24) is 26.6 Å². The highest BCUT2D eigenvalue weighted by Gasteiger charge is 2.26. The van der Waals surface area contributed by atoms with Gasteiger partial charge in [0.25, 0.3) is 11.8 Å². The molecule has 5 N–H and O–H groups in total. The predicted octanol–water partition coefficient (Wildman–Crippen LogP) is 3.26. The number of likely N-dealkylation sites (N-methyl/N-ethyl adjacent to an activating group) is 1. The van der Waals surface area contributed by atoms with Gasteiger partial charge in [0.1, 0.15) is 11.8 Å². The monoisotopic (exact) mass is 629 g/mol. The van der Waals surface area contributed by atoms with E-state index < -0.39 is 12.1 Å². The molecule has 0 radical (unpaired) electrons. The molecule has 10 heteroatoms. The summed E-state index contributed by atoms with van der Waals surface area (Å²) >= 11 is 0. The van der Waals surface area contributed by atoms with E-state index in [4.69, 9.17) is 4.74 Å². The maximum absolute atomic E-state index is 13.4. The second kappa shape index (κ2) is 18.3. The molecule has 0 aliphatic rings. The summed E-state index contributed by atoms with van der Waals surface area (Å²) in [6, 6.07) is 22.4. The minimum absolute atomic E-state index is 0.0846. The standard InChI is InChI=1S/C36H47N5O5/c1-6-37-36(45)32(24(2)3)41-33(42)25(4)39-23-30(20-26-12-8-7-9-13-26)40-35(44)29-16-11-15-28(22-29)34(43)38-19-18-27-14-10-17-31(21-27)46-5/h7-17,21-22,24-25,30,32,39H,6,18-20,23H2,1-5H3,(H,37,45)(H,38,43)(H,40,44)(H,41,42)/t25-,30-,32-/m0/s1. The summed E-state index contributed by atoms with van der Waals surface area (Å²) in [5.74, 6) is -0.454. The third kappa shape index (κ3) is 11.3. The summed E-state index contributed by atoms with van der Waals surface area (Å²) in [7, 11) is 1.61. The van der Waals surface area contributed by atoms with Crippen molar-refractivity contribution in [1.29, 1.82) is 0 Å². The fourth-order valence-electron chi connectivity index (χ4n) is 4.90. The van der Waals surface area contributed by atoms with Crippen LogP contribution in [0.3, 0.4) is 0 Å². The first kappa shape index (κ1) is 35.8. The molecule has 0 saturated carbocycles. The third-order valence-corrected chi connectivity index (χ3v) is 7.54. The summed E-state index contributed by atoms with van der Waals surface area (Å²) < 4.78 is 5.26. The first-order valence-electron chi connectivity index (χ1n) is 15.8. The summed E-state index contributed by atoms with van der Waals surface area (Å²) in [4.78, 5) is 51.7. The van der Waals surface area contributed by atoms with Crippen LogP contribution in [0.15, 0.2) is 78.9 Å². The van der Waals surface area contributed by atoms with E-state index in [1.165, 1.54) is 0 Å². The fourth-order valence-corrected chi connectivity index (χ4v) is 4.90. The Morgan fingerprint density at radius 3 is 2.09 bits per heavy atom. The molecule has 3 aromatic carbocycles. The lowest BCUT2D eigenvalue weighted by atomic mass is 10.0. The van der Waals surface area contributed by atoms with Crippen LogP contribution in [0.2, 0.25) is 0 Å². The van der Waals surface area contributed by atoms with E-state index in [1.54, 1.807) is 38.3 Å². The molecular weight excluding hydrogens is 582 g/mol. The molecular formula is C36H47N5O5. The van der Waals surface area contributed by atoms with E-state index in [0.29, 0.717) is 43.6 Å². The fraction of sp³-hybridized carbons (Fsp3) is 0.389. The lowest BCUT2D eigenvalue weighted by Gasteiger charge is -2.25. The van der Waals surface area contributed by atoms with Crippen LogP contribution in [0.1, 0.15) is 59.5 Å². The Morgan fingerprint density at radius 2 is 1.41 bits per heavy atom. The van der Waals surface area contributed by atoms with Crippen LogP contribution in [0.25, 0.3) is 0 Å². The SMILES string of the molecule is CCNC(=O)[C@@H](NC(=O)[C@H](C)NC[C@H](Cc1ccccc1)NC(=O)c1cccc(C(=O)NCCc2cccc(OC)c2)c1)C(C)C. The number of nitrogens with one attached hydrogen (secondary N) is 5. The Hall–Kier alpha value is -4.70. The molecule has 3 rings (SSSR count). The van der Waals surface area contributed by atoms with Crippen molar-refractivity contribution in [3.05, 3.63) is 101 Å². The first-order valence-corrected chi connectivity index (χ1v) is 15.8. The second-order valence-electron chi connectivity index (χ2n) is 11.6. The lowest BCUT2D eigenvalue weighted by Crippen LogP contribution is -2.55. The van der Waals surface area contributed by atoms with Crippen molar-refractivity contribution < 1.29 is 23.9 Å². The summed E-state index contributed by atoms with van der Waals surface area (Å²) in [5, 5.41) is 14.8. The Morgan fingerprint density at radius 1 is 0.739 bits per heavy atom.